The van der Waals surface area contributed by atoms with Crippen molar-refractivity contribution >= 4 is 58.2 Å². The number of nitrogens with one attached hydrogen (secondary N) is 7. The molecule has 7 atom stereocenters. The zero-order valence-electron chi connectivity index (χ0n) is 40.6. The first-order valence-corrected chi connectivity index (χ1v) is 23.9. The van der Waals surface area contributed by atoms with Gasteiger partial charge in [0.2, 0.25) is 47.3 Å². The van der Waals surface area contributed by atoms with Crippen molar-refractivity contribution in [3.63, 3.8) is 0 Å². The highest BCUT2D eigenvalue weighted by atomic mass is 16.5. The summed E-state index contributed by atoms with van der Waals surface area (Å²) in [5.41, 5.74) is 21.3. The third kappa shape index (κ3) is 12.8. The highest BCUT2D eigenvalue weighted by molar-refractivity contribution is 5.99. The van der Waals surface area contributed by atoms with Gasteiger partial charge in [-0.1, -0.05) is 80.6 Å². The van der Waals surface area contributed by atoms with Gasteiger partial charge in [-0.25, -0.2) is 0 Å². The number of nitrogens with two attached hydrogens (primary N) is 3. The molecule has 3 aliphatic heterocycles. The lowest BCUT2D eigenvalue weighted by Crippen LogP contribution is -2.61. The van der Waals surface area contributed by atoms with Crippen molar-refractivity contribution in [2.45, 2.75) is 94.8 Å². The molecule has 21 heteroatoms. The standard InChI is InChI=1S/C52H61N11O10/c1-27(2)19-35(56-3)47(67)58-36-20-29-13-16-31(17-14-29)73-43-22-30(15-18-42(43)64)45(62-49(69)37(24-44(54)65)59-48(36)68)51(71)61-39(25-53)50(70)60-38(21-28-9-5-4-6-10-28)52(72)63-26-40-33(23-41(63)46(55)66)32-11-7-8-12-34(32)57-40/h4-18,22,27,35-39,41,45,56-57,64H,19-21,23-26,53H2,1-3H3,(H2,54,65)(H2,55,66)(H,58,67)(H,59,68)(H,60,70)(H,61,71)(H,62,69)/t35-,36-,37+,38+,39+,41+,45?/m1/s1. The highest BCUT2D eigenvalue weighted by Gasteiger charge is 2.40. The van der Waals surface area contributed by atoms with Crippen molar-refractivity contribution in [3.05, 3.63) is 125 Å². The number of carbonyl (C=O) groups is 8. The van der Waals surface area contributed by atoms with E-state index >= 15 is 0 Å². The topological polar surface area (TPSA) is 335 Å². The van der Waals surface area contributed by atoms with Crippen LogP contribution in [0.4, 0.5) is 0 Å². The second-order valence-electron chi connectivity index (χ2n) is 18.6. The van der Waals surface area contributed by atoms with Gasteiger partial charge >= 0.3 is 0 Å². The molecule has 4 bridgehead atoms. The maximum absolute atomic E-state index is 14.7. The van der Waals surface area contributed by atoms with Gasteiger partial charge in [-0.2, -0.15) is 0 Å². The molecule has 5 aromatic rings. The van der Waals surface area contributed by atoms with Crippen LogP contribution in [0.2, 0.25) is 0 Å². The molecule has 384 valence electrons. The lowest BCUT2D eigenvalue weighted by molar-refractivity contribution is -0.144. The SMILES string of the molecule is CN[C@H](CC(C)C)C(=O)N[C@@H]1Cc2ccc(cc2)Oc2cc(ccc2O)C(C(=O)N[C@@H](CN)C(=O)N[C@@H](Cc2ccccc2)C(=O)N2Cc3[nH]c4ccccc4c3C[C@H]2C(N)=O)NC(=O)[C@H](CC(N)=O)NC1=O. The monoisotopic (exact) mass is 999 g/mol. The van der Waals surface area contributed by atoms with E-state index in [9.17, 15) is 43.5 Å². The summed E-state index contributed by atoms with van der Waals surface area (Å²) >= 11 is 0. The molecule has 1 aromatic heterocycles. The van der Waals surface area contributed by atoms with Crippen molar-refractivity contribution in [3.8, 4) is 17.2 Å². The van der Waals surface area contributed by atoms with E-state index in [-0.39, 0.29) is 54.5 Å². The Morgan fingerprint density at radius 1 is 0.822 bits per heavy atom. The molecule has 0 fully saturated rings. The highest BCUT2D eigenvalue weighted by Crippen LogP contribution is 2.34. The number of aromatic amines is 1. The van der Waals surface area contributed by atoms with E-state index in [1.54, 1.807) is 61.6 Å². The summed E-state index contributed by atoms with van der Waals surface area (Å²) in [5.74, 6) is -6.84. The first-order chi connectivity index (χ1) is 34.9. The molecule has 4 heterocycles. The predicted molar refractivity (Wildman–Crippen MR) is 268 cm³/mol. The molecule has 1 unspecified atom stereocenters. The van der Waals surface area contributed by atoms with Crippen molar-refractivity contribution in [2.24, 2.45) is 23.1 Å². The molecule has 3 aliphatic rings. The Balaban J connectivity index is 1.18. The summed E-state index contributed by atoms with van der Waals surface area (Å²) in [6.07, 6.45) is -0.289. The average Bonchev–Trinajstić information content (AvgIpc) is 3.73. The number of rotatable bonds is 16. The van der Waals surface area contributed by atoms with Gasteiger partial charge in [0.05, 0.1) is 19.0 Å². The number of primary amides is 2. The number of para-hydroxylation sites is 1. The van der Waals surface area contributed by atoms with E-state index in [1.807, 2.05) is 38.1 Å². The Morgan fingerprint density at radius 2 is 1.53 bits per heavy atom. The summed E-state index contributed by atoms with van der Waals surface area (Å²) in [6, 6.07) is 17.2. The van der Waals surface area contributed by atoms with Crippen molar-refractivity contribution in [2.75, 3.05) is 13.6 Å². The number of nitrogens with zero attached hydrogens (tertiary/aromatic N) is 1. The van der Waals surface area contributed by atoms with Crippen molar-refractivity contribution in [1.29, 1.82) is 0 Å². The summed E-state index contributed by atoms with van der Waals surface area (Å²) in [5, 5.41) is 27.9. The molecule has 73 heavy (non-hydrogen) atoms. The minimum atomic E-state index is -1.74. The predicted octanol–water partition coefficient (Wildman–Crippen LogP) is 0.468. The molecule has 14 N–H and O–H groups in total. The second kappa shape index (κ2) is 23.3. The van der Waals surface area contributed by atoms with Crippen LogP contribution in [0.3, 0.4) is 0 Å². The molecule has 0 saturated heterocycles. The van der Waals surface area contributed by atoms with Crippen LogP contribution in [0.15, 0.2) is 97.1 Å². The van der Waals surface area contributed by atoms with Crippen LogP contribution in [0.1, 0.15) is 60.7 Å². The van der Waals surface area contributed by atoms with Crippen LogP contribution in [-0.2, 0) is 64.2 Å². The molecular formula is C52H61N11O10. The summed E-state index contributed by atoms with van der Waals surface area (Å²) in [4.78, 5) is 116. The molecule has 0 aliphatic carbocycles. The number of amides is 8. The Bertz CT molecular complexity index is 2870. The molecule has 0 saturated carbocycles. The number of hydrogen-bond acceptors (Lipinski definition) is 12. The molecule has 0 spiro atoms. The Labute approximate surface area is 420 Å². The fourth-order valence-electron chi connectivity index (χ4n) is 9.09. The van der Waals surface area contributed by atoms with Gasteiger partial charge in [0, 0.05) is 42.4 Å². The fraction of sp³-hybridized carbons (Fsp3) is 0.346. The minimum absolute atomic E-state index is 0.00664. The number of ether oxygens (including phenoxy) is 1. The van der Waals surface area contributed by atoms with Gasteiger partial charge in [-0.15, -0.1) is 0 Å². The number of phenolic OH excluding ortho intramolecular Hbond substituents is 1. The van der Waals surface area contributed by atoms with Crippen LogP contribution < -0.4 is 53.8 Å². The Hall–Kier alpha value is -8.30. The Morgan fingerprint density at radius 3 is 2.21 bits per heavy atom. The van der Waals surface area contributed by atoms with E-state index in [2.05, 4.69) is 36.9 Å². The smallest absolute Gasteiger partial charge is 0.247 e. The van der Waals surface area contributed by atoms with Crippen LogP contribution in [0.25, 0.3) is 10.9 Å². The van der Waals surface area contributed by atoms with E-state index in [0.29, 0.717) is 23.2 Å². The number of H-pyrrole nitrogens is 1. The summed E-state index contributed by atoms with van der Waals surface area (Å²) in [7, 11) is 1.61. The van der Waals surface area contributed by atoms with Crippen LogP contribution >= 0.6 is 0 Å². The number of carbonyl (C=O) groups excluding carboxylic acids is 8. The zero-order chi connectivity index (χ0) is 52.5. The lowest BCUT2D eigenvalue weighted by Gasteiger charge is -2.36. The normalized spacial score (nSPS) is 19.1. The van der Waals surface area contributed by atoms with Gasteiger partial charge < -0.3 is 68.8 Å². The van der Waals surface area contributed by atoms with Crippen LogP contribution in [-0.4, -0.2) is 112 Å². The van der Waals surface area contributed by atoms with Gasteiger partial charge in [0.15, 0.2) is 11.5 Å². The van der Waals surface area contributed by atoms with E-state index in [4.69, 9.17) is 21.9 Å². The maximum atomic E-state index is 14.7. The second-order valence-corrected chi connectivity index (χ2v) is 18.6. The fourth-order valence-corrected chi connectivity index (χ4v) is 9.09. The van der Waals surface area contributed by atoms with Crippen molar-refractivity contribution in [1.82, 2.24) is 41.8 Å². The number of aromatic hydroxyl groups is 1. The van der Waals surface area contributed by atoms with Crippen LogP contribution in [0.5, 0.6) is 17.2 Å². The molecule has 0 radical (unpaired) electrons. The van der Waals surface area contributed by atoms with Gasteiger partial charge in [0.1, 0.15) is 42.0 Å². The number of phenols is 1. The van der Waals surface area contributed by atoms with Crippen molar-refractivity contribution < 1.29 is 48.2 Å². The maximum Gasteiger partial charge on any atom is 0.247 e. The largest absolute Gasteiger partial charge is 0.504 e. The van der Waals surface area contributed by atoms with Gasteiger partial charge in [0.25, 0.3) is 0 Å². The quantitative estimate of drug-likeness (QED) is 0.0643. The van der Waals surface area contributed by atoms with Gasteiger partial charge in [-0.3, -0.25) is 38.4 Å². The number of fused-ring (bicyclic) bond motifs is 12. The number of likely N-dealkylation sites (N-methyl/N-ethyl adjacent to an activating group) is 1. The molecule has 8 amide bonds. The van der Waals surface area contributed by atoms with E-state index < -0.39 is 103 Å². The third-order valence-electron chi connectivity index (χ3n) is 12.9. The third-order valence-corrected chi connectivity index (χ3v) is 12.9. The van der Waals surface area contributed by atoms with E-state index in [1.165, 1.54) is 23.1 Å². The molecule has 4 aromatic carbocycles. The van der Waals surface area contributed by atoms with Gasteiger partial charge in [-0.05, 0) is 72.0 Å². The average molecular weight is 1000 g/mol. The lowest BCUT2D eigenvalue weighted by atomic mass is 9.94. The van der Waals surface area contributed by atoms with Crippen LogP contribution in [0, 0.1) is 5.92 Å². The number of benzene rings is 4. The summed E-state index contributed by atoms with van der Waals surface area (Å²) in [6.45, 7) is 3.33. The molecular weight excluding hydrogens is 939 g/mol. The molecule has 21 nitrogen and oxygen atoms in total. The minimum Gasteiger partial charge on any atom is -0.504 e. The Kier molecular flexibility index (Phi) is 16.8. The molecule has 8 rings (SSSR count). The summed E-state index contributed by atoms with van der Waals surface area (Å²) < 4.78 is 6.03. The first-order valence-electron chi connectivity index (χ1n) is 23.9. The zero-order valence-corrected chi connectivity index (χ0v) is 40.6. The first kappa shape index (κ1) is 52.5. The number of hydrogen-bond donors (Lipinski definition) is 11. The number of aromatic nitrogens is 1. The van der Waals surface area contributed by atoms with E-state index in [0.717, 1.165) is 16.5 Å².